The van der Waals surface area contributed by atoms with Crippen LogP contribution < -0.4 is 5.32 Å². The van der Waals surface area contributed by atoms with Gasteiger partial charge < -0.3 is 5.32 Å². The molecule has 0 saturated heterocycles. The van der Waals surface area contributed by atoms with Gasteiger partial charge in [-0.25, -0.2) is 0 Å². The van der Waals surface area contributed by atoms with Gasteiger partial charge >= 0.3 is 0 Å². The summed E-state index contributed by atoms with van der Waals surface area (Å²) < 4.78 is 0. The molecule has 0 aliphatic rings. The summed E-state index contributed by atoms with van der Waals surface area (Å²) in [5, 5.41) is 4.56. The highest BCUT2D eigenvalue weighted by molar-refractivity contribution is 6.34. The van der Waals surface area contributed by atoms with Gasteiger partial charge in [0.25, 0.3) is 0 Å². The van der Waals surface area contributed by atoms with Crippen molar-refractivity contribution in [1.82, 2.24) is 10.3 Å². The lowest BCUT2D eigenvalue weighted by atomic mass is 9.91. The molecule has 0 aliphatic heterocycles. The molecule has 1 aromatic rings. The molecule has 0 fully saturated rings. The third-order valence-corrected chi connectivity index (χ3v) is 4.14. The highest BCUT2D eigenvalue weighted by Crippen LogP contribution is 2.30. The molecule has 0 radical (unpaired) electrons. The van der Waals surface area contributed by atoms with Crippen molar-refractivity contribution < 1.29 is 0 Å². The van der Waals surface area contributed by atoms with Gasteiger partial charge in [0, 0.05) is 6.20 Å². The molecule has 0 bridgehead atoms. The average Bonchev–Trinajstić information content (AvgIpc) is 2.40. The van der Waals surface area contributed by atoms with Crippen molar-refractivity contribution in [2.45, 2.75) is 52.0 Å². The van der Waals surface area contributed by atoms with Crippen molar-refractivity contribution in [1.29, 1.82) is 0 Å². The summed E-state index contributed by atoms with van der Waals surface area (Å²) in [6.45, 7) is 4.49. The van der Waals surface area contributed by atoms with Gasteiger partial charge in [0.2, 0.25) is 0 Å². The summed E-state index contributed by atoms with van der Waals surface area (Å²) in [7, 11) is 1.96. The predicted octanol–water partition coefficient (Wildman–Crippen LogP) is 5.26. The Morgan fingerprint density at radius 3 is 2.58 bits per heavy atom. The van der Waals surface area contributed by atoms with Gasteiger partial charge in [-0.15, -0.1) is 0 Å². The topological polar surface area (TPSA) is 24.9 Å². The van der Waals surface area contributed by atoms with Crippen molar-refractivity contribution in [3.05, 3.63) is 28.0 Å². The summed E-state index contributed by atoms with van der Waals surface area (Å²) in [4.78, 5) is 4.39. The quantitative estimate of drug-likeness (QED) is 0.709. The first-order valence-corrected chi connectivity index (χ1v) is 7.86. The van der Waals surface area contributed by atoms with Crippen LogP contribution in [-0.4, -0.2) is 12.0 Å². The normalized spacial score (nSPS) is 14.4. The Bertz CT molecular complexity index is 382. The average molecular weight is 303 g/mol. The lowest BCUT2D eigenvalue weighted by molar-refractivity contribution is 0.361. The number of halogens is 2. The van der Waals surface area contributed by atoms with Gasteiger partial charge in [0.05, 0.1) is 21.8 Å². The van der Waals surface area contributed by atoms with Crippen molar-refractivity contribution >= 4 is 23.2 Å². The van der Waals surface area contributed by atoms with E-state index in [0.717, 1.165) is 12.1 Å². The molecule has 0 saturated carbocycles. The third kappa shape index (κ3) is 5.29. The molecule has 108 valence electrons. The second-order valence-electron chi connectivity index (χ2n) is 5.01. The molecule has 0 amide bonds. The molecule has 0 aliphatic carbocycles. The van der Waals surface area contributed by atoms with Crippen LogP contribution in [0.15, 0.2) is 12.3 Å². The zero-order chi connectivity index (χ0) is 14.3. The first-order valence-electron chi connectivity index (χ1n) is 7.10. The second kappa shape index (κ2) is 8.78. The molecule has 1 N–H and O–H groups in total. The van der Waals surface area contributed by atoms with Crippen molar-refractivity contribution in [3.63, 3.8) is 0 Å². The largest absolute Gasteiger partial charge is 0.312 e. The Morgan fingerprint density at radius 1 is 1.32 bits per heavy atom. The van der Waals surface area contributed by atoms with E-state index in [-0.39, 0.29) is 6.04 Å². The van der Waals surface area contributed by atoms with Crippen LogP contribution in [0.3, 0.4) is 0 Å². The van der Waals surface area contributed by atoms with Crippen molar-refractivity contribution in [3.8, 4) is 0 Å². The molecular formula is C15H24Cl2N2. The highest BCUT2D eigenvalue weighted by atomic mass is 35.5. The van der Waals surface area contributed by atoms with Crippen LogP contribution >= 0.6 is 23.2 Å². The number of rotatable bonds is 8. The molecule has 0 aromatic carbocycles. The van der Waals surface area contributed by atoms with E-state index in [0.29, 0.717) is 16.0 Å². The fourth-order valence-electron chi connectivity index (χ4n) is 2.36. The monoisotopic (exact) mass is 302 g/mol. The molecule has 2 atom stereocenters. The van der Waals surface area contributed by atoms with Gasteiger partial charge in [-0.05, 0) is 25.5 Å². The van der Waals surface area contributed by atoms with E-state index in [1.807, 2.05) is 7.05 Å². The first-order chi connectivity index (χ1) is 9.12. The fourth-order valence-corrected chi connectivity index (χ4v) is 2.87. The lowest BCUT2D eigenvalue weighted by Crippen LogP contribution is -2.21. The molecule has 2 unspecified atom stereocenters. The zero-order valence-electron chi connectivity index (χ0n) is 12.0. The van der Waals surface area contributed by atoms with E-state index in [9.17, 15) is 0 Å². The number of hydrogen-bond donors (Lipinski definition) is 1. The predicted molar refractivity (Wildman–Crippen MR) is 84.0 cm³/mol. The smallest absolute Gasteiger partial charge is 0.0760 e. The first kappa shape index (κ1) is 16.7. The van der Waals surface area contributed by atoms with Gasteiger partial charge in [-0.3, -0.25) is 4.98 Å². The maximum absolute atomic E-state index is 6.25. The van der Waals surface area contributed by atoms with Crippen LogP contribution in [0.4, 0.5) is 0 Å². The summed E-state index contributed by atoms with van der Waals surface area (Å²) in [6.07, 6.45) is 7.75. The minimum atomic E-state index is 0.201. The van der Waals surface area contributed by atoms with Gasteiger partial charge in [0.1, 0.15) is 0 Å². The number of aromatic nitrogens is 1. The Labute approximate surface area is 126 Å². The lowest BCUT2D eigenvalue weighted by Gasteiger charge is -2.22. The summed E-state index contributed by atoms with van der Waals surface area (Å²) in [5.41, 5.74) is 0.906. The number of hydrogen-bond acceptors (Lipinski definition) is 2. The molecule has 2 nitrogen and oxygen atoms in total. The van der Waals surface area contributed by atoms with E-state index in [2.05, 4.69) is 24.1 Å². The van der Waals surface area contributed by atoms with Gasteiger partial charge in [-0.2, -0.15) is 0 Å². The molecule has 0 spiro atoms. The molecule has 1 rings (SSSR count). The number of nitrogens with zero attached hydrogens (tertiary/aromatic N) is 1. The SMILES string of the molecule is CCCCC(CC)CC(NC)c1ncc(Cl)cc1Cl. The second-order valence-corrected chi connectivity index (χ2v) is 5.86. The van der Waals surface area contributed by atoms with Crippen molar-refractivity contribution in [2.24, 2.45) is 5.92 Å². The summed E-state index contributed by atoms with van der Waals surface area (Å²) in [5.74, 6) is 0.714. The molecule has 4 heteroatoms. The minimum Gasteiger partial charge on any atom is -0.312 e. The van der Waals surface area contributed by atoms with E-state index in [1.54, 1.807) is 12.3 Å². The molecule has 1 aromatic heterocycles. The van der Waals surface area contributed by atoms with E-state index in [4.69, 9.17) is 23.2 Å². The Hall–Kier alpha value is -0.310. The Balaban J connectivity index is 2.76. The highest BCUT2D eigenvalue weighted by Gasteiger charge is 2.19. The summed E-state index contributed by atoms with van der Waals surface area (Å²) in [6, 6.07) is 1.97. The van der Waals surface area contributed by atoms with Crippen LogP contribution in [0.25, 0.3) is 0 Å². The van der Waals surface area contributed by atoms with Gasteiger partial charge in [0.15, 0.2) is 0 Å². The number of unbranched alkanes of at least 4 members (excludes halogenated alkanes) is 1. The van der Waals surface area contributed by atoms with E-state index < -0.39 is 0 Å². The number of nitrogens with one attached hydrogen (secondary N) is 1. The van der Waals surface area contributed by atoms with E-state index in [1.165, 1.54) is 25.7 Å². The molecular weight excluding hydrogens is 279 g/mol. The van der Waals surface area contributed by atoms with Crippen molar-refractivity contribution in [2.75, 3.05) is 7.05 Å². The third-order valence-electron chi connectivity index (χ3n) is 3.63. The Morgan fingerprint density at radius 2 is 2.05 bits per heavy atom. The van der Waals surface area contributed by atoms with Crippen LogP contribution in [0.5, 0.6) is 0 Å². The minimum absolute atomic E-state index is 0.201. The van der Waals surface area contributed by atoms with Crippen LogP contribution in [0.1, 0.15) is 57.7 Å². The summed E-state index contributed by atoms with van der Waals surface area (Å²) >= 11 is 12.1. The van der Waals surface area contributed by atoms with Crippen LogP contribution in [-0.2, 0) is 0 Å². The fraction of sp³-hybridized carbons (Fsp3) is 0.667. The zero-order valence-corrected chi connectivity index (χ0v) is 13.6. The molecule has 1 heterocycles. The van der Waals surface area contributed by atoms with Crippen LogP contribution in [0.2, 0.25) is 10.0 Å². The standard InChI is InChI=1S/C15H24Cl2N2/c1-4-6-7-11(5-2)8-14(18-3)15-13(17)9-12(16)10-19-15/h9-11,14,18H,4-8H2,1-3H3. The maximum Gasteiger partial charge on any atom is 0.0760 e. The Kier molecular flexibility index (Phi) is 7.74. The van der Waals surface area contributed by atoms with Gasteiger partial charge in [-0.1, -0.05) is 62.7 Å². The number of pyridine rings is 1. The van der Waals surface area contributed by atoms with Crippen LogP contribution in [0, 0.1) is 5.92 Å². The maximum atomic E-state index is 6.25. The molecule has 19 heavy (non-hydrogen) atoms. The van der Waals surface area contributed by atoms with E-state index >= 15 is 0 Å².